The third-order valence-corrected chi connectivity index (χ3v) is 2.33. The van der Waals surface area contributed by atoms with Crippen molar-refractivity contribution in [2.45, 2.75) is 13.3 Å². The lowest BCUT2D eigenvalue weighted by molar-refractivity contribution is 0.0696. The van der Waals surface area contributed by atoms with Crippen LogP contribution in [0.3, 0.4) is 0 Å². The van der Waals surface area contributed by atoms with Gasteiger partial charge in [-0.05, 0) is 18.6 Å². The minimum absolute atomic E-state index is 0.305. The van der Waals surface area contributed by atoms with Gasteiger partial charge in [0, 0.05) is 17.3 Å². The van der Waals surface area contributed by atoms with Crippen LogP contribution in [0.5, 0.6) is 0 Å². The first-order valence-corrected chi connectivity index (χ1v) is 5.66. The highest BCUT2D eigenvalue weighted by Gasteiger charge is 2.10. The molecule has 0 aliphatic carbocycles. The highest BCUT2D eigenvalue weighted by molar-refractivity contribution is 9.09. The van der Waals surface area contributed by atoms with Crippen LogP contribution in [0, 0.1) is 18.8 Å². The average molecular weight is 267 g/mol. The lowest BCUT2D eigenvalue weighted by atomic mass is 10.0. The molecule has 0 saturated heterocycles. The van der Waals surface area contributed by atoms with Gasteiger partial charge in [-0.3, -0.25) is 0 Å². The molecule has 15 heavy (non-hydrogen) atoms. The molecule has 0 bridgehead atoms. The van der Waals surface area contributed by atoms with Crippen molar-refractivity contribution < 1.29 is 9.90 Å². The SMILES string of the molecule is Cc1cccc(C#CCCBr)c1C(=O)O. The number of rotatable bonds is 2. The van der Waals surface area contributed by atoms with Crippen LogP contribution in [0.2, 0.25) is 0 Å². The fourth-order valence-corrected chi connectivity index (χ4v) is 1.46. The summed E-state index contributed by atoms with van der Waals surface area (Å²) in [5.41, 5.74) is 1.64. The number of carboxylic acid groups (broad SMARTS) is 1. The molecule has 1 aromatic rings. The van der Waals surface area contributed by atoms with Crippen molar-refractivity contribution in [3.05, 3.63) is 34.9 Å². The van der Waals surface area contributed by atoms with E-state index < -0.39 is 5.97 Å². The Morgan fingerprint density at radius 1 is 1.53 bits per heavy atom. The van der Waals surface area contributed by atoms with E-state index in [1.165, 1.54) is 0 Å². The number of hydrogen-bond donors (Lipinski definition) is 1. The highest BCUT2D eigenvalue weighted by atomic mass is 79.9. The second-order valence-corrected chi connectivity index (χ2v) is 3.84. The largest absolute Gasteiger partial charge is 0.478 e. The maximum Gasteiger partial charge on any atom is 0.337 e. The Labute approximate surface area is 97.4 Å². The third-order valence-electron chi connectivity index (χ3n) is 1.93. The van der Waals surface area contributed by atoms with E-state index in [1.54, 1.807) is 19.1 Å². The lowest BCUT2D eigenvalue weighted by Crippen LogP contribution is -2.02. The number of aromatic carboxylic acids is 1. The molecular weight excluding hydrogens is 256 g/mol. The number of halogens is 1. The minimum atomic E-state index is -0.920. The maximum atomic E-state index is 11.0. The minimum Gasteiger partial charge on any atom is -0.478 e. The third kappa shape index (κ3) is 3.10. The van der Waals surface area contributed by atoms with Crippen molar-refractivity contribution in [3.63, 3.8) is 0 Å². The zero-order valence-corrected chi connectivity index (χ0v) is 9.97. The summed E-state index contributed by atoms with van der Waals surface area (Å²) < 4.78 is 0. The number of carbonyl (C=O) groups is 1. The Morgan fingerprint density at radius 3 is 2.87 bits per heavy atom. The standard InChI is InChI=1S/C12H11BrO2/c1-9-5-4-7-10(6-2-3-8-13)11(9)12(14)15/h4-5,7H,3,8H2,1H3,(H,14,15). The predicted molar refractivity (Wildman–Crippen MR) is 63.4 cm³/mol. The van der Waals surface area contributed by atoms with Gasteiger partial charge in [0.05, 0.1) is 5.56 Å². The number of hydrogen-bond acceptors (Lipinski definition) is 1. The normalized spacial score (nSPS) is 9.20. The molecule has 0 aliphatic rings. The van der Waals surface area contributed by atoms with E-state index in [2.05, 4.69) is 27.8 Å². The van der Waals surface area contributed by atoms with Gasteiger partial charge in [-0.25, -0.2) is 4.79 Å². The van der Waals surface area contributed by atoms with Crippen LogP contribution >= 0.6 is 15.9 Å². The fourth-order valence-electron chi connectivity index (χ4n) is 1.26. The average Bonchev–Trinajstić information content (AvgIpc) is 2.17. The molecule has 0 heterocycles. The van der Waals surface area contributed by atoms with Crippen LogP contribution in [-0.2, 0) is 0 Å². The van der Waals surface area contributed by atoms with Gasteiger partial charge in [-0.1, -0.05) is 39.9 Å². The number of carboxylic acids is 1. The molecule has 0 radical (unpaired) electrons. The first kappa shape index (κ1) is 11.8. The molecule has 0 unspecified atom stereocenters. The van der Waals surface area contributed by atoms with Crippen molar-refractivity contribution >= 4 is 21.9 Å². The topological polar surface area (TPSA) is 37.3 Å². The smallest absolute Gasteiger partial charge is 0.337 e. The quantitative estimate of drug-likeness (QED) is 0.660. The van der Waals surface area contributed by atoms with Gasteiger partial charge in [0.15, 0.2) is 0 Å². The van der Waals surface area contributed by atoms with Crippen molar-refractivity contribution in [1.29, 1.82) is 0 Å². The molecule has 0 fully saturated rings. The summed E-state index contributed by atoms with van der Waals surface area (Å²) in [7, 11) is 0. The molecule has 78 valence electrons. The van der Waals surface area contributed by atoms with E-state index in [9.17, 15) is 4.79 Å². The zero-order valence-electron chi connectivity index (χ0n) is 8.38. The highest BCUT2D eigenvalue weighted by Crippen LogP contribution is 2.13. The molecule has 0 spiro atoms. The van der Waals surface area contributed by atoms with Gasteiger partial charge in [0.25, 0.3) is 0 Å². The predicted octanol–water partition coefficient (Wildman–Crippen LogP) is 2.83. The molecule has 1 rings (SSSR count). The number of aryl methyl sites for hydroxylation is 1. The van der Waals surface area contributed by atoms with E-state index in [0.29, 0.717) is 17.5 Å². The van der Waals surface area contributed by atoms with Crippen LogP contribution in [0.15, 0.2) is 18.2 Å². The molecule has 0 saturated carbocycles. The number of benzene rings is 1. The molecule has 1 N–H and O–H groups in total. The maximum absolute atomic E-state index is 11.0. The fraction of sp³-hybridized carbons (Fsp3) is 0.250. The van der Waals surface area contributed by atoms with Crippen molar-refractivity contribution in [3.8, 4) is 11.8 Å². The summed E-state index contributed by atoms with van der Waals surface area (Å²) in [4.78, 5) is 11.0. The van der Waals surface area contributed by atoms with Crippen LogP contribution < -0.4 is 0 Å². The van der Waals surface area contributed by atoms with Crippen LogP contribution in [0.1, 0.15) is 27.9 Å². The zero-order chi connectivity index (χ0) is 11.3. The summed E-state index contributed by atoms with van der Waals surface area (Å²) in [6.45, 7) is 1.78. The molecule has 0 atom stereocenters. The van der Waals surface area contributed by atoms with Gasteiger partial charge in [0.2, 0.25) is 0 Å². The Hall–Kier alpha value is -1.27. The Bertz CT molecular complexity index is 427. The van der Waals surface area contributed by atoms with E-state index in [-0.39, 0.29) is 0 Å². The molecule has 0 aliphatic heterocycles. The Kier molecular flexibility index (Phi) is 4.38. The first-order chi connectivity index (χ1) is 7.16. The van der Waals surface area contributed by atoms with Crippen LogP contribution in [-0.4, -0.2) is 16.4 Å². The molecular formula is C12H11BrO2. The Morgan fingerprint density at radius 2 is 2.27 bits per heavy atom. The van der Waals surface area contributed by atoms with Gasteiger partial charge < -0.3 is 5.11 Å². The van der Waals surface area contributed by atoms with E-state index >= 15 is 0 Å². The summed E-state index contributed by atoms with van der Waals surface area (Å²) in [5, 5.41) is 9.83. The van der Waals surface area contributed by atoms with Gasteiger partial charge >= 0.3 is 5.97 Å². The second-order valence-electron chi connectivity index (χ2n) is 3.04. The molecule has 1 aromatic carbocycles. The Balaban J connectivity index is 3.13. The van der Waals surface area contributed by atoms with Gasteiger partial charge in [-0.15, -0.1) is 0 Å². The van der Waals surface area contributed by atoms with Gasteiger partial charge in [-0.2, -0.15) is 0 Å². The summed E-state index contributed by atoms with van der Waals surface area (Å²) in [5.74, 6) is 4.87. The van der Waals surface area contributed by atoms with E-state index in [0.717, 1.165) is 10.9 Å². The van der Waals surface area contributed by atoms with Crippen molar-refractivity contribution in [2.75, 3.05) is 5.33 Å². The van der Waals surface area contributed by atoms with E-state index in [4.69, 9.17) is 5.11 Å². The number of alkyl halides is 1. The second kappa shape index (κ2) is 5.57. The van der Waals surface area contributed by atoms with Gasteiger partial charge in [0.1, 0.15) is 0 Å². The summed E-state index contributed by atoms with van der Waals surface area (Å²) in [6.07, 6.45) is 0.715. The van der Waals surface area contributed by atoms with Crippen molar-refractivity contribution in [2.24, 2.45) is 0 Å². The van der Waals surface area contributed by atoms with E-state index in [1.807, 2.05) is 6.07 Å². The van der Waals surface area contributed by atoms with Crippen LogP contribution in [0.25, 0.3) is 0 Å². The summed E-state index contributed by atoms with van der Waals surface area (Å²) >= 11 is 3.27. The van der Waals surface area contributed by atoms with Crippen LogP contribution in [0.4, 0.5) is 0 Å². The molecule has 0 aromatic heterocycles. The lowest BCUT2D eigenvalue weighted by Gasteiger charge is -2.02. The summed E-state index contributed by atoms with van der Waals surface area (Å²) in [6, 6.07) is 5.33. The molecule has 0 amide bonds. The first-order valence-electron chi connectivity index (χ1n) is 4.54. The molecule has 3 heteroatoms. The molecule has 2 nitrogen and oxygen atoms in total. The van der Waals surface area contributed by atoms with Crippen molar-refractivity contribution in [1.82, 2.24) is 0 Å². The monoisotopic (exact) mass is 266 g/mol.